The van der Waals surface area contributed by atoms with E-state index in [1.165, 1.54) is 38.3 Å². The average molecular weight is 539 g/mol. The first-order valence-corrected chi connectivity index (χ1v) is 13.2. The molecule has 176 valence electrons. The molecule has 2 nitrogen and oxygen atoms in total. The van der Waals surface area contributed by atoms with Crippen molar-refractivity contribution in [2.45, 2.75) is 0 Å². The number of benzene rings is 6. The largest absolute Gasteiger partial charge is 0.309 e. The zero-order chi connectivity index (χ0) is 24.8. The van der Waals surface area contributed by atoms with Crippen molar-refractivity contribution in [3.8, 4) is 5.69 Å². The van der Waals surface area contributed by atoms with Crippen LogP contribution in [-0.4, -0.2) is 4.57 Å². The van der Waals surface area contributed by atoms with E-state index in [1.54, 1.807) is 0 Å². The van der Waals surface area contributed by atoms with Gasteiger partial charge in [-0.1, -0.05) is 78.9 Å². The van der Waals surface area contributed by atoms with Gasteiger partial charge in [-0.3, -0.25) is 0 Å². The lowest BCUT2D eigenvalue weighted by Crippen LogP contribution is -2.10. The summed E-state index contributed by atoms with van der Waals surface area (Å²) in [6.07, 6.45) is 0. The predicted molar refractivity (Wildman–Crippen MR) is 161 cm³/mol. The third kappa shape index (κ3) is 3.62. The Hall–Kier alpha value is -4.34. The third-order valence-corrected chi connectivity index (χ3v) is 7.69. The van der Waals surface area contributed by atoms with Crippen LogP contribution in [0.4, 0.5) is 17.1 Å². The lowest BCUT2D eigenvalue weighted by Gasteiger charge is -2.26. The molecule has 0 saturated carbocycles. The fourth-order valence-corrected chi connectivity index (χ4v) is 5.87. The molecule has 0 aliphatic heterocycles. The Morgan fingerprint density at radius 2 is 1.19 bits per heavy atom. The van der Waals surface area contributed by atoms with E-state index in [-0.39, 0.29) is 0 Å². The smallest absolute Gasteiger partial charge is 0.0603 e. The van der Waals surface area contributed by atoms with Gasteiger partial charge in [0, 0.05) is 32.3 Å². The van der Waals surface area contributed by atoms with Crippen LogP contribution in [0.25, 0.3) is 38.3 Å². The monoisotopic (exact) mass is 538 g/mol. The molecule has 0 aliphatic rings. The van der Waals surface area contributed by atoms with E-state index in [0.29, 0.717) is 0 Å². The summed E-state index contributed by atoms with van der Waals surface area (Å²) >= 11 is 3.80. The highest BCUT2D eigenvalue weighted by atomic mass is 79.9. The van der Waals surface area contributed by atoms with Crippen LogP contribution in [0, 0.1) is 0 Å². The van der Waals surface area contributed by atoms with Crippen molar-refractivity contribution in [1.29, 1.82) is 0 Å². The Morgan fingerprint density at radius 3 is 2.00 bits per heavy atom. The van der Waals surface area contributed by atoms with E-state index < -0.39 is 0 Å². The summed E-state index contributed by atoms with van der Waals surface area (Å²) in [5.74, 6) is 0. The van der Waals surface area contributed by atoms with Gasteiger partial charge in [0.25, 0.3) is 0 Å². The molecule has 0 unspecified atom stereocenters. The first kappa shape index (κ1) is 21.9. The molecule has 0 spiro atoms. The second-order valence-electron chi connectivity index (χ2n) is 9.18. The van der Waals surface area contributed by atoms with Gasteiger partial charge >= 0.3 is 0 Å². The summed E-state index contributed by atoms with van der Waals surface area (Å²) in [6, 6.07) is 49.6. The Morgan fingerprint density at radius 1 is 0.514 bits per heavy atom. The van der Waals surface area contributed by atoms with Crippen LogP contribution in [0.2, 0.25) is 0 Å². The molecular weight excluding hydrogens is 516 g/mol. The topological polar surface area (TPSA) is 8.17 Å². The van der Waals surface area contributed by atoms with Gasteiger partial charge in [-0.2, -0.15) is 0 Å². The van der Waals surface area contributed by atoms with E-state index in [9.17, 15) is 0 Å². The van der Waals surface area contributed by atoms with Crippen molar-refractivity contribution in [2.24, 2.45) is 0 Å². The molecule has 0 saturated heterocycles. The molecule has 0 radical (unpaired) electrons. The summed E-state index contributed by atoms with van der Waals surface area (Å²) in [5.41, 5.74) is 6.94. The van der Waals surface area contributed by atoms with Crippen LogP contribution >= 0.6 is 15.9 Å². The Labute approximate surface area is 224 Å². The number of halogens is 1. The van der Waals surface area contributed by atoms with Crippen LogP contribution in [0.3, 0.4) is 0 Å². The van der Waals surface area contributed by atoms with Crippen molar-refractivity contribution in [3.63, 3.8) is 0 Å². The fraction of sp³-hybridized carbons (Fsp3) is 0. The molecule has 6 aromatic carbocycles. The summed E-state index contributed by atoms with van der Waals surface area (Å²) in [4.78, 5) is 2.32. The van der Waals surface area contributed by atoms with Gasteiger partial charge in [-0.15, -0.1) is 0 Å². The predicted octanol–water partition coefficient (Wildman–Crippen LogP) is 10.2. The maximum Gasteiger partial charge on any atom is 0.0603 e. The van der Waals surface area contributed by atoms with Crippen molar-refractivity contribution in [2.75, 3.05) is 4.90 Å². The minimum atomic E-state index is 1.05. The molecule has 0 N–H and O–H groups in total. The van der Waals surface area contributed by atoms with E-state index in [2.05, 4.69) is 165 Å². The van der Waals surface area contributed by atoms with Crippen molar-refractivity contribution < 1.29 is 0 Å². The van der Waals surface area contributed by atoms with Gasteiger partial charge in [0.15, 0.2) is 0 Å². The van der Waals surface area contributed by atoms with E-state index >= 15 is 0 Å². The minimum absolute atomic E-state index is 1.05. The number of hydrogen-bond donors (Lipinski definition) is 0. The SMILES string of the molecule is Brc1ccccc1N(c1ccccc1)c1ccc2ccc3c(c2c1)c1ccccc1n3-c1ccccc1. The Balaban J connectivity index is 1.55. The van der Waals surface area contributed by atoms with Gasteiger partial charge in [-0.25, -0.2) is 0 Å². The maximum atomic E-state index is 3.80. The molecule has 0 bridgehead atoms. The lowest BCUT2D eigenvalue weighted by molar-refractivity contribution is 1.18. The van der Waals surface area contributed by atoms with E-state index in [1.807, 2.05) is 0 Å². The molecule has 0 atom stereocenters. The quantitative estimate of drug-likeness (QED) is 0.216. The Kier molecular flexibility index (Phi) is 5.30. The highest BCUT2D eigenvalue weighted by molar-refractivity contribution is 9.10. The third-order valence-electron chi connectivity index (χ3n) is 7.02. The van der Waals surface area contributed by atoms with Gasteiger partial charge in [0.05, 0.1) is 16.7 Å². The zero-order valence-corrected chi connectivity index (χ0v) is 21.6. The van der Waals surface area contributed by atoms with Crippen molar-refractivity contribution in [3.05, 3.63) is 144 Å². The summed E-state index contributed by atoms with van der Waals surface area (Å²) in [6.45, 7) is 0. The number of aromatic nitrogens is 1. The van der Waals surface area contributed by atoms with Crippen molar-refractivity contribution >= 4 is 65.6 Å². The second-order valence-corrected chi connectivity index (χ2v) is 10.0. The molecule has 37 heavy (non-hydrogen) atoms. The molecule has 3 heteroatoms. The number of hydrogen-bond acceptors (Lipinski definition) is 1. The second kappa shape index (κ2) is 8.95. The van der Waals surface area contributed by atoms with Crippen LogP contribution in [0.5, 0.6) is 0 Å². The van der Waals surface area contributed by atoms with E-state index in [4.69, 9.17) is 0 Å². The molecule has 1 heterocycles. The summed E-state index contributed by atoms with van der Waals surface area (Å²) in [7, 11) is 0. The number of rotatable bonds is 4. The van der Waals surface area contributed by atoms with Gasteiger partial charge < -0.3 is 9.47 Å². The molecular formula is C34H23BrN2. The highest BCUT2D eigenvalue weighted by Crippen LogP contribution is 2.42. The maximum absolute atomic E-state index is 3.80. The number of nitrogens with zero attached hydrogens (tertiary/aromatic N) is 2. The van der Waals surface area contributed by atoms with E-state index in [0.717, 1.165) is 21.5 Å². The first-order valence-electron chi connectivity index (χ1n) is 12.4. The molecule has 0 fully saturated rings. The lowest BCUT2D eigenvalue weighted by atomic mass is 10.0. The number of anilines is 3. The summed E-state index contributed by atoms with van der Waals surface area (Å²) < 4.78 is 3.43. The molecule has 0 amide bonds. The zero-order valence-electron chi connectivity index (χ0n) is 20.1. The standard InChI is InChI=1S/C34H23BrN2/c35-30-16-8-10-18-32(30)36(25-11-3-1-4-12-25)27-21-19-24-20-22-33-34(29(24)23-27)28-15-7-9-17-31(28)37(33)26-13-5-2-6-14-26/h1-23H. The molecule has 7 rings (SSSR count). The molecule has 1 aromatic heterocycles. The van der Waals surface area contributed by atoms with Crippen LogP contribution < -0.4 is 4.90 Å². The number of para-hydroxylation sites is 4. The van der Waals surface area contributed by atoms with Crippen LogP contribution in [0.1, 0.15) is 0 Å². The first-order chi connectivity index (χ1) is 18.3. The minimum Gasteiger partial charge on any atom is -0.309 e. The summed E-state index contributed by atoms with van der Waals surface area (Å²) in [5, 5.41) is 5.01. The average Bonchev–Trinajstić information content (AvgIpc) is 3.30. The van der Waals surface area contributed by atoms with Crippen LogP contribution in [0.15, 0.2) is 144 Å². The van der Waals surface area contributed by atoms with Gasteiger partial charge in [0.1, 0.15) is 0 Å². The van der Waals surface area contributed by atoms with Crippen molar-refractivity contribution in [1.82, 2.24) is 4.57 Å². The molecule has 0 aliphatic carbocycles. The van der Waals surface area contributed by atoms with Gasteiger partial charge in [0.2, 0.25) is 0 Å². The fourth-order valence-electron chi connectivity index (χ4n) is 5.41. The van der Waals surface area contributed by atoms with Crippen LogP contribution in [-0.2, 0) is 0 Å². The Bertz CT molecular complexity index is 1890. The van der Waals surface area contributed by atoms with Gasteiger partial charge in [-0.05, 0) is 87.4 Å². The molecule has 7 aromatic rings. The number of fused-ring (bicyclic) bond motifs is 5. The highest BCUT2D eigenvalue weighted by Gasteiger charge is 2.18. The normalized spacial score (nSPS) is 11.4.